The van der Waals surface area contributed by atoms with Gasteiger partial charge in [0.2, 0.25) is 0 Å². The average molecular weight is 264 g/mol. The molecule has 1 saturated carbocycles. The molecule has 0 amide bonds. The van der Waals surface area contributed by atoms with Crippen LogP contribution in [0.3, 0.4) is 0 Å². The van der Waals surface area contributed by atoms with Crippen molar-refractivity contribution in [2.75, 3.05) is 0 Å². The van der Waals surface area contributed by atoms with E-state index in [1.54, 1.807) is 0 Å². The summed E-state index contributed by atoms with van der Waals surface area (Å²) in [5, 5.41) is 0.761. The van der Waals surface area contributed by atoms with Crippen LogP contribution in [0.5, 0.6) is 0 Å². The van der Waals surface area contributed by atoms with Gasteiger partial charge in [0.25, 0.3) is 0 Å². The number of hydrogen-bond acceptors (Lipinski definition) is 2. The quantitative estimate of drug-likeness (QED) is 0.859. The highest BCUT2D eigenvalue weighted by atomic mass is 35.5. The van der Waals surface area contributed by atoms with Crippen molar-refractivity contribution in [3.8, 4) is 0 Å². The number of halogens is 1. The van der Waals surface area contributed by atoms with Gasteiger partial charge in [-0.15, -0.1) is 0 Å². The van der Waals surface area contributed by atoms with Crippen molar-refractivity contribution in [2.24, 2.45) is 12.8 Å². The second kappa shape index (κ2) is 4.56. The molecular weight excluding hydrogens is 246 g/mol. The minimum Gasteiger partial charge on any atom is -0.331 e. The number of nitrogens with zero attached hydrogens (tertiary/aromatic N) is 2. The Kier molecular flexibility index (Phi) is 3.04. The number of benzene rings is 1. The molecule has 2 unspecified atom stereocenters. The Bertz CT molecular complexity index is 576. The van der Waals surface area contributed by atoms with Gasteiger partial charge < -0.3 is 10.3 Å². The summed E-state index contributed by atoms with van der Waals surface area (Å²) < 4.78 is 2.17. The predicted octanol–water partition coefficient (Wildman–Crippen LogP) is 3.21. The third kappa shape index (κ3) is 2.02. The number of rotatable bonds is 1. The van der Waals surface area contributed by atoms with Crippen molar-refractivity contribution in [1.29, 1.82) is 0 Å². The Morgan fingerprint density at radius 3 is 3.00 bits per heavy atom. The van der Waals surface area contributed by atoms with Gasteiger partial charge in [0.1, 0.15) is 5.82 Å². The van der Waals surface area contributed by atoms with Gasteiger partial charge in [0.05, 0.1) is 11.0 Å². The number of aromatic nitrogens is 2. The van der Waals surface area contributed by atoms with Crippen LogP contribution in [0, 0.1) is 0 Å². The lowest BCUT2D eigenvalue weighted by molar-refractivity contribution is 0.378. The maximum Gasteiger partial charge on any atom is 0.112 e. The Morgan fingerprint density at radius 1 is 1.39 bits per heavy atom. The average Bonchev–Trinajstić information content (AvgIpc) is 2.67. The van der Waals surface area contributed by atoms with E-state index < -0.39 is 0 Å². The summed E-state index contributed by atoms with van der Waals surface area (Å²) in [6, 6.07) is 6.19. The summed E-state index contributed by atoms with van der Waals surface area (Å²) in [4.78, 5) is 4.76. The normalized spacial score (nSPS) is 24.6. The van der Waals surface area contributed by atoms with Crippen LogP contribution in [0.25, 0.3) is 11.0 Å². The lowest BCUT2D eigenvalue weighted by atomic mass is 9.85. The van der Waals surface area contributed by atoms with E-state index in [4.69, 9.17) is 22.3 Å². The zero-order valence-corrected chi connectivity index (χ0v) is 11.3. The van der Waals surface area contributed by atoms with Crippen molar-refractivity contribution < 1.29 is 0 Å². The first kappa shape index (κ1) is 12.0. The van der Waals surface area contributed by atoms with Gasteiger partial charge in [-0.1, -0.05) is 18.0 Å². The highest BCUT2D eigenvalue weighted by Crippen LogP contribution is 2.33. The summed E-state index contributed by atoms with van der Waals surface area (Å²) in [5.41, 5.74) is 8.20. The van der Waals surface area contributed by atoms with E-state index in [1.165, 1.54) is 12.8 Å². The van der Waals surface area contributed by atoms with Gasteiger partial charge in [0.15, 0.2) is 0 Å². The van der Waals surface area contributed by atoms with Gasteiger partial charge >= 0.3 is 0 Å². The maximum absolute atomic E-state index is 6.07. The van der Waals surface area contributed by atoms with Gasteiger partial charge in [-0.2, -0.15) is 0 Å². The molecule has 1 aromatic heterocycles. The zero-order chi connectivity index (χ0) is 12.7. The van der Waals surface area contributed by atoms with E-state index in [0.717, 1.165) is 34.7 Å². The molecule has 1 aliphatic carbocycles. The fourth-order valence-electron chi connectivity index (χ4n) is 3.01. The highest BCUT2D eigenvalue weighted by molar-refractivity contribution is 6.31. The van der Waals surface area contributed by atoms with E-state index in [1.807, 2.05) is 18.2 Å². The Morgan fingerprint density at radius 2 is 2.22 bits per heavy atom. The molecule has 0 spiro atoms. The van der Waals surface area contributed by atoms with Crippen molar-refractivity contribution in [3.63, 3.8) is 0 Å². The lowest BCUT2D eigenvalue weighted by Crippen LogP contribution is -2.27. The standard InChI is InChI=1S/C14H18ClN3/c1-18-13-8-10(15)5-6-12(13)17-14(18)9-3-2-4-11(16)7-9/h5-6,8-9,11H,2-4,7,16H2,1H3. The monoisotopic (exact) mass is 263 g/mol. The van der Waals surface area contributed by atoms with Crippen molar-refractivity contribution in [1.82, 2.24) is 9.55 Å². The Balaban J connectivity index is 2.04. The topological polar surface area (TPSA) is 43.8 Å². The molecule has 2 atom stereocenters. The molecule has 3 nitrogen and oxygen atoms in total. The fraction of sp³-hybridized carbons (Fsp3) is 0.500. The third-order valence-corrected chi connectivity index (χ3v) is 4.19. The number of fused-ring (bicyclic) bond motifs is 1. The molecule has 1 aromatic carbocycles. The molecule has 0 saturated heterocycles. The van der Waals surface area contributed by atoms with E-state index in [2.05, 4.69) is 11.6 Å². The van der Waals surface area contributed by atoms with Crippen LogP contribution in [0.1, 0.15) is 37.4 Å². The van der Waals surface area contributed by atoms with Crippen LogP contribution in [-0.4, -0.2) is 15.6 Å². The Labute approximate surface area is 112 Å². The van der Waals surface area contributed by atoms with Crippen molar-refractivity contribution in [3.05, 3.63) is 29.0 Å². The van der Waals surface area contributed by atoms with Gasteiger partial charge in [-0.25, -0.2) is 4.98 Å². The first-order valence-corrected chi connectivity index (χ1v) is 6.90. The summed E-state index contributed by atoms with van der Waals surface area (Å²) in [5.74, 6) is 1.65. The van der Waals surface area contributed by atoms with Gasteiger partial charge in [-0.05, 0) is 37.5 Å². The highest BCUT2D eigenvalue weighted by Gasteiger charge is 2.24. The van der Waals surface area contributed by atoms with Crippen molar-refractivity contribution >= 4 is 22.6 Å². The second-order valence-corrected chi connectivity index (χ2v) is 5.72. The second-order valence-electron chi connectivity index (χ2n) is 5.29. The van der Waals surface area contributed by atoms with Gasteiger partial charge in [-0.3, -0.25) is 0 Å². The molecule has 0 radical (unpaired) electrons. The zero-order valence-electron chi connectivity index (χ0n) is 10.6. The lowest BCUT2D eigenvalue weighted by Gasteiger charge is -2.26. The smallest absolute Gasteiger partial charge is 0.112 e. The summed E-state index contributed by atoms with van der Waals surface area (Å²) in [6.07, 6.45) is 4.59. The maximum atomic E-state index is 6.07. The molecule has 0 bridgehead atoms. The minimum atomic E-state index is 0.326. The molecule has 96 valence electrons. The molecule has 2 N–H and O–H groups in total. The van der Waals surface area contributed by atoms with Crippen LogP contribution in [0.2, 0.25) is 5.02 Å². The molecule has 1 fully saturated rings. The summed E-state index contributed by atoms with van der Waals surface area (Å²) in [7, 11) is 2.07. The number of nitrogens with two attached hydrogens (primary N) is 1. The predicted molar refractivity (Wildman–Crippen MR) is 74.9 cm³/mol. The number of imidazole rings is 1. The van der Waals surface area contributed by atoms with E-state index in [9.17, 15) is 0 Å². The van der Waals surface area contributed by atoms with Crippen LogP contribution >= 0.6 is 11.6 Å². The SMILES string of the molecule is Cn1c(C2CCCC(N)C2)nc2ccc(Cl)cc21. The molecule has 1 heterocycles. The van der Waals surface area contributed by atoms with E-state index in [0.29, 0.717) is 12.0 Å². The molecule has 0 aliphatic heterocycles. The van der Waals surface area contributed by atoms with Crippen LogP contribution in [-0.2, 0) is 7.05 Å². The van der Waals surface area contributed by atoms with E-state index in [-0.39, 0.29) is 0 Å². The molecule has 1 aliphatic rings. The first-order valence-electron chi connectivity index (χ1n) is 6.52. The van der Waals surface area contributed by atoms with Crippen LogP contribution in [0.4, 0.5) is 0 Å². The Hall–Kier alpha value is -1.06. The summed E-state index contributed by atoms with van der Waals surface area (Å²) >= 11 is 6.05. The van der Waals surface area contributed by atoms with Crippen LogP contribution in [0.15, 0.2) is 18.2 Å². The first-order chi connectivity index (χ1) is 8.65. The van der Waals surface area contributed by atoms with Gasteiger partial charge in [0, 0.05) is 24.0 Å². The third-order valence-electron chi connectivity index (χ3n) is 3.96. The number of hydrogen-bond donors (Lipinski definition) is 1. The molecule has 4 heteroatoms. The summed E-state index contributed by atoms with van der Waals surface area (Å²) in [6.45, 7) is 0. The number of aryl methyl sites for hydroxylation is 1. The molecule has 3 rings (SSSR count). The largest absolute Gasteiger partial charge is 0.331 e. The fourth-order valence-corrected chi connectivity index (χ4v) is 3.18. The van der Waals surface area contributed by atoms with Crippen LogP contribution < -0.4 is 5.73 Å². The van der Waals surface area contributed by atoms with Crippen molar-refractivity contribution in [2.45, 2.75) is 37.6 Å². The molecular formula is C14H18ClN3. The minimum absolute atomic E-state index is 0.326. The molecule has 2 aromatic rings. The van der Waals surface area contributed by atoms with E-state index >= 15 is 0 Å². The molecule has 18 heavy (non-hydrogen) atoms.